The minimum absolute atomic E-state index is 0.0110. The second kappa shape index (κ2) is 8.49. The molecule has 0 spiro atoms. The van der Waals surface area contributed by atoms with E-state index in [4.69, 9.17) is 9.57 Å². The van der Waals surface area contributed by atoms with Crippen molar-refractivity contribution in [3.63, 3.8) is 0 Å². The Labute approximate surface area is 157 Å². The van der Waals surface area contributed by atoms with Crippen LogP contribution in [0.3, 0.4) is 0 Å². The summed E-state index contributed by atoms with van der Waals surface area (Å²) in [6.45, 7) is 0.169. The van der Waals surface area contributed by atoms with E-state index in [2.05, 4.69) is 24.3 Å². The van der Waals surface area contributed by atoms with Crippen LogP contribution in [0.1, 0.15) is 36.3 Å². The minimum atomic E-state index is -0.934. The van der Waals surface area contributed by atoms with Crippen molar-refractivity contribution >= 4 is 18.3 Å². The van der Waals surface area contributed by atoms with Crippen LogP contribution in [0.15, 0.2) is 48.5 Å². The number of fused-ring (bicyclic) bond motifs is 3. The Bertz CT molecular complexity index is 802. The topological polar surface area (TPSA) is 72.9 Å². The summed E-state index contributed by atoms with van der Waals surface area (Å²) in [5.74, 6) is -0.310. The molecule has 0 N–H and O–H groups in total. The standard InChI is InChI=1S/C21H21NO5/c1-22(20(24)11-6-13-23)27-21(25)26-14-12-19-17-9-4-2-7-15(17)16-8-3-5-10-18(16)19/h2-5,7-10,13,19H,6,11-12,14H2,1H3. The van der Waals surface area contributed by atoms with Gasteiger partial charge in [0.05, 0.1) is 6.61 Å². The van der Waals surface area contributed by atoms with Crippen molar-refractivity contribution < 1.29 is 24.0 Å². The van der Waals surface area contributed by atoms with Crippen molar-refractivity contribution in [1.29, 1.82) is 0 Å². The predicted octanol–water partition coefficient (Wildman–Crippen LogP) is 3.69. The molecule has 1 aliphatic rings. The Morgan fingerprint density at radius 1 is 1.04 bits per heavy atom. The first-order valence-corrected chi connectivity index (χ1v) is 8.85. The summed E-state index contributed by atoms with van der Waals surface area (Å²) in [6, 6.07) is 16.4. The number of carbonyl (C=O) groups is 3. The molecule has 0 bridgehead atoms. The van der Waals surface area contributed by atoms with E-state index in [1.807, 2.05) is 24.3 Å². The monoisotopic (exact) mass is 367 g/mol. The van der Waals surface area contributed by atoms with Gasteiger partial charge in [0.2, 0.25) is 0 Å². The molecular formula is C21H21NO5. The normalized spacial score (nSPS) is 12.0. The third-order valence-corrected chi connectivity index (χ3v) is 4.63. The van der Waals surface area contributed by atoms with Gasteiger partial charge in [0.15, 0.2) is 0 Å². The van der Waals surface area contributed by atoms with Crippen LogP contribution in [0.4, 0.5) is 4.79 Å². The number of benzene rings is 2. The van der Waals surface area contributed by atoms with Crippen LogP contribution in [0.5, 0.6) is 0 Å². The van der Waals surface area contributed by atoms with Crippen molar-refractivity contribution in [2.45, 2.75) is 25.2 Å². The van der Waals surface area contributed by atoms with E-state index in [1.165, 1.54) is 29.3 Å². The first kappa shape index (κ1) is 18.6. The number of carbonyl (C=O) groups excluding carboxylic acids is 3. The molecule has 0 heterocycles. The van der Waals surface area contributed by atoms with Crippen molar-refractivity contribution in [3.05, 3.63) is 59.7 Å². The van der Waals surface area contributed by atoms with E-state index in [1.54, 1.807) is 0 Å². The Morgan fingerprint density at radius 3 is 2.22 bits per heavy atom. The number of rotatable bonds is 6. The van der Waals surface area contributed by atoms with Gasteiger partial charge < -0.3 is 14.4 Å². The highest BCUT2D eigenvalue weighted by atomic mass is 16.8. The van der Waals surface area contributed by atoms with Gasteiger partial charge in [-0.15, -0.1) is 0 Å². The molecule has 6 nitrogen and oxygen atoms in total. The second-order valence-corrected chi connectivity index (χ2v) is 6.30. The second-order valence-electron chi connectivity index (χ2n) is 6.30. The largest absolute Gasteiger partial charge is 0.533 e. The van der Waals surface area contributed by atoms with E-state index in [0.717, 1.165) is 5.06 Å². The summed E-state index contributed by atoms with van der Waals surface area (Å²) in [5, 5.41) is 0.798. The number of aldehydes is 1. The summed E-state index contributed by atoms with van der Waals surface area (Å²) in [5.41, 5.74) is 4.86. The predicted molar refractivity (Wildman–Crippen MR) is 98.8 cm³/mol. The van der Waals surface area contributed by atoms with E-state index in [0.29, 0.717) is 12.7 Å². The molecule has 1 aliphatic carbocycles. The van der Waals surface area contributed by atoms with Crippen LogP contribution in [-0.4, -0.2) is 37.1 Å². The Hall–Kier alpha value is -3.15. The van der Waals surface area contributed by atoms with Gasteiger partial charge in [0.1, 0.15) is 6.29 Å². The highest BCUT2D eigenvalue weighted by molar-refractivity contribution is 5.79. The van der Waals surface area contributed by atoms with Crippen molar-refractivity contribution in [2.75, 3.05) is 13.7 Å². The van der Waals surface area contributed by atoms with Crippen LogP contribution < -0.4 is 0 Å². The van der Waals surface area contributed by atoms with Gasteiger partial charge in [-0.3, -0.25) is 4.79 Å². The molecule has 0 aromatic heterocycles. The molecular weight excluding hydrogens is 346 g/mol. The van der Waals surface area contributed by atoms with Crippen LogP contribution in [0, 0.1) is 0 Å². The van der Waals surface area contributed by atoms with Crippen LogP contribution in [0.25, 0.3) is 11.1 Å². The van der Waals surface area contributed by atoms with Crippen LogP contribution >= 0.6 is 0 Å². The number of hydrogen-bond donors (Lipinski definition) is 0. The van der Waals surface area contributed by atoms with Gasteiger partial charge in [-0.2, -0.15) is 5.06 Å². The lowest BCUT2D eigenvalue weighted by atomic mass is 9.94. The lowest BCUT2D eigenvalue weighted by Crippen LogP contribution is -2.30. The van der Waals surface area contributed by atoms with Crippen LogP contribution in [-0.2, 0) is 19.2 Å². The molecule has 2 aromatic carbocycles. The third kappa shape index (κ3) is 4.16. The maximum absolute atomic E-state index is 11.8. The summed E-state index contributed by atoms with van der Waals surface area (Å²) in [7, 11) is 1.32. The molecule has 0 aliphatic heterocycles. The highest BCUT2D eigenvalue weighted by Gasteiger charge is 2.28. The molecule has 0 atom stereocenters. The van der Waals surface area contributed by atoms with Gasteiger partial charge in [0, 0.05) is 25.8 Å². The van der Waals surface area contributed by atoms with Crippen molar-refractivity contribution in [1.82, 2.24) is 5.06 Å². The lowest BCUT2D eigenvalue weighted by molar-refractivity contribution is -0.166. The molecule has 0 radical (unpaired) electrons. The van der Waals surface area contributed by atoms with E-state index in [-0.39, 0.29) is 25.4 Å². The Morgan fingerprint density at radius 2 is 1.63 bits per heavy atom. The molecule has 140 valence electrons. The number of amides is 1. The SMILES string of the molecule is CN(OC(=O)OCCC1c2ccccc2-c2ccccc21)C(=O)CCC=O. The molecule has 0 fully saturated rings. The quantitative estimate of drug-likeness (QED) is 0.442. The zero-order chi connectivity index (χ0) is 19.2. The molecule has 0 saturated heterocycles. The first-order chi connectivity index (χ1) is 13.1. The zero-order valence-electron chi connectivity index (χ0n) is 15.1. The van der Waals surface area contributed by atoms with Crippen molar-refractivity contribution in [3.8, 4) is 11.1 Å². The fourth-order valence-corrected chi connectivity index (χ4v) is 3.36. The first-order valence-electron chi connectivity index (χ1n) is 8.85. The highest BCUT2D eigenvalue weighted by Crippen LogP contribution is 2.45. The van der Waals surface area contributed by atoms with Crippen LogP contribution in [0.2, 0.25) is 0 Å². The van der Waals surface area contributed by atoms with Gasteiger partial charge in [-0.1, -0.05) is 48.5 Å². The van der Waals surface area contributed by atoms with E-state index < -0.39 is 12.1 Å². The average molecular weight is 367 g/mol. The maximum Gasteiger partial charge on any atom is 0.533 e. The van der Waals surface area contributed by atoms with E-state index in [9.17, 15) is 14.4 Å². The fourth-order valence-electron chi connectivity index (χ4n) is 3.36. The number of hydroxylamine groups is 2. The molecule has 3 rings (SSSR count). The molecule has 6 heteroatoms. The lowest BCUT2D eigenvalue weighted by Gasteiger charge is -2.16. The maximum atomic E-state index is 11.8. The number of hydrogen-bond acceptors (Lipinski definition) is 5. The summed E-state index contributed by atoms with van der Waals surface area (Å²) >= 11 is 0. The minimum Gasteiger partial charge on any atom is -0.433 e. The summed E-state index contributed by atoms with van der Waals surface area (Å²) in [6.07, 6.45) is 0.398. The molecule has 27 heavy (non-hydrogen) atoms. The average Bonchev–Trinajstić information content (AvgIpc) is 3.00. The zero-order valence-corrected chi connectivity index (χ0v) is 15.1. The van der Waals surface area contributed by atoms with E-state index >= 15 is 0 Å². The Kier molecular flexibility index (Phi) is 5.86. The van der Waals surface area contributed by atoms with Gasteiger partial charge in [-0.25, -0.2) is 4.79 Å². The molecule has 1 amide bonds. The molecule has 0 saturated carbocycles. The smallest absolute Gasteiger partial charge is 0.433 e. The molecule has 2 aromatic rings. The number of nitrogens with zero attached hydrogens (tertiary/aromatic N) is 1. The fraction of sp³-hybridized carbons (Fsp3) is 0.286. The van der Waals surface area contributed by atoms with Gasteiger partial charge in [0.25, 0.3) is 5.91 Å². The third-order valence-electron chi connectivity index (χ3n) is 4.63. The van der Waals surface area contributed by atoms with Gasteiger partial charge >= 0.3 is 6.16 Å². The summed E-state index contributed by atoms with van der Waals surface area (Å²) < 4.78 is 5.13. The van der Waals surface area contributed by atoms with Crippen molar-refractivity contribution in [2.24, 2.45) is 0 Å². The summed E-state index contributed by atoms with van der Waals surface area (Å²) in [4.78, 5) is 38.5. The number of ether oxygens (including phenoxy) is 1. The van der Waals surface area contributed by atoms with Gasteiger partial charge in [-0.05, 0) is 28.7 Å². The molecule has 0 unspecified atom stereocenters. The Balaban J connectivity index is 1.56.